The van der Waals surface area contributed by atoms with Crippen LogP contribution in [-0.2, 0) is 17.5 Å². The van der Waals surface area contributed by atoms with Crippen molar-refractivity contribution in [2.75, 3.05) is 19.9 Å². The molecule has 0 aliphatic carbocycles. The molecule has 0 radical (unpaired) electrons. The molecule has 3 aromatic rings. The van der Waals surface area contributed by atoms with Gasteiger partial charge in [-0.15, -0.1) is 12.4 Å². The minimum absolute atomic E-state index is 0. The molecule has 160 valence electrons. The number of nitrogen functional groups attached to an aromatic ring is 1. The van der Waals surface area contributed by atoms with E-state index in [-0.39, 0.29) is 29.0 Å². The molecule has 1 aromatic heterocycles. The number of halogens is 4. The Labute approximate surface area is 175 Å². The van der Waals surface area contributed by atoms with Crippen molar-refractivity contribution < 1.29 is 22.7 Å². The minimum atomic E-state index is -4.61. The first-order chi connectivity index (χ1) is 13.7. The summed E-state index contributed by atoms with van der Waals surface area (Å²) in [4.78, 5) is 25.2. The van der Waals surface area contributed by atoms with E-state index in [1.807, 2.05) is 0 Å². The number of rotatable bonds is 4. The van der Waals surface area contributed by atoms with Crippen LogP contribution in [0.3, 0.4) is 0 Å². The molecule has 6 nitrogen and oxygen atoms in total. The Balaban J connectivity index is 0.00000320. The van der Waals surface area contributed by atoms with Gasteiger partial charge < -0.3 is 15.8 Å². The summed E-state index contributed by atoms with van der Waals surface area (Å²) in [5.74, 6) is -0.963. The summed E-state index contributed by atoms with van der Waals surface area (Å²) in [7, 11) is 2.86. The SMILES string of the molecule is CNCc1ccc(-n2c(=O)c(C(=O)OC)c(N)c3ccc(C(F)(F)F)cc32)cc1.Cl. The van der Waals surface area contributed by atoms with E-state index in [0.717, 1.165) is 35.4 Å². The number of fused-ring (bicyclic) bond motifs is 1. The molecule has 0 bridgehead atoms. The molecule has 0 saturated carbocycles. The number of nitrogens with two attached hydrogens (primary N) is 1. The van der Waals surface area contributed by atoms with E-state index in [4.69, 9.17) is 5.73 Å². The van der Waals surface area contributed by atoms with Crippen LogP contribution in [0.2, 0.25) is 0 Å². The Kier molecular flexibility index (Phi) is 6.79. The van der Waals surface area contributed by atoms with E-state index in [2.05, 4.69) is 10.1 Å². The predicted molar refractivity (Wildman–Crippen MR) is 110 cm³/mol. The lowest BCUT2D eigenvalue weighted by Gasteiger charge is -2.17. The lowest BCUT2D eigenvalue weighted by Crippen LogP contribution is -2.28. The van der Waals surface area contributed by atoms with Gasteiger partial charge in [0.2, 0.25) is 0 Å². The number of benzene rings is 2. The Morgan fingerprint density at radius 2 is 1.80 bits per heavy atom. The first-order valence-corrected chi connectivity index (χ1v) is 8.56. The maximum atomic E-state index is 13.3. The first kappa shape index (κ1) is 23.2. The summed E-state index contributed by atoms with van der Waals surface area (Å²) in [6.45, 7) is 0.573. The molecule has 0 saturated heterocycles. The van der Waals surface area contributed by atoms with Crippen LogP contribution in [-0.4, -0.2) is 24.7 Å². The number of alkyl halides is 3. The van der Waals surface area contributed by atoms with E-state index in [0.29, 0.717) is 12.2 Å². The minimum Gasteiger partial charge on any atom is -0.465 e. The first-order valence-electron chi connectivity index (χ1n) is 8.56. The third-order valence-electron chi connectivity index (χ3n) is 4.51. The van der Waals surface area contributed by atoms with E-state index < -0.39 is 28.8 Å². The average Bonchev–Trinajstić information content (AvgIpc) is 2.68. The van der Waals surface area contributed by atoms with Gasteiger partial charge in [-0.1, -0.05) is 18.2 Å². The summed E-state index contributed by atoms with van der Waals surface area (Å²) in [5, 5.41) is 3.11. The quantitative estimate of drug-likeness (QED) is 0.605. The fourth-order valence-electron chi connectivity index (χ4n) is 3.11. The molecular weight excluding hydrogens is 423 g/mol. The number of ether oxygens (including phenoxy) is 1. The number of aromatic nitrogens is 1. The van der Waals surface area contributed by atoms with Gasteiger partial charge in [0.25, 0.3) is 5.56 Å². The van der Waals surface area contributed by atoms with Crippen molar-refractivity contribution in [3.8, 4) is 5.69 Å². The van der Waals surface area contributed by atoms with Gasteiger partial charge in [0.1, 0.15) is 5.56 Å². The second-order valence-electron chi connectivity index (χ2n) is 6.35. The van der Waals surface area contributed by atoms with Gasteiger partial charge in [-0.3, -0.25) is 9.36 Å². The summed E-state index contributed by atoms with van der Waals surface area (Å²) >= 11 is 0. The molecule has 0 fully saturated rings. The highest BCUT2D eigenvalue weighted by Gasteiger charge is 2.32. The number of carbonyl (C=O) groups excluding carboxylic acids is 1. The second kappa shape index (κ2) is 8.76. The van der Waals surface area contributed by atoms with E-state index in [9.17, 15) is 22.8 Å². The molecule has 0 aliphatic heterocycles. The van der Waals surface area contributed by atoms with Crippen molar-refractivity contribution >= 4 is 35.0 Å². The Morgan fingerprint density at radius 1 is 1.17 bits per heavy atom. The zero-order chi connectivity index (χ0) is 21.3. The van der Waals surface area contributed by atoms with Gasteiger partial charge in [-0.25, -0.2) is 4.79 Å². The van der Waals surface area contributed by atoms with E-state index >= 15 is 0 Å². The Bertz CT molecular complexity index is 1140. The highest BCUT2D eigenvalue weighted by molar-refractivity contribution is 6.04. The third kappa shape index (κ3) is 4.12. The maximum Gasteiger partial charge on any atom is 0.416 e. The number of hydrogen-bond donors (Lipinski definition) is 2. The van der Waals surface area contributed by atoms with Crippen molar-refractivity contribution in [2.45, 2.75) is 12.7 Å². The number of anilines is 1. The molecule has 3 N–H and O–H groups in total. The van der Waals surface area contributed by atoms with E-state index in [1.165, 1.54) is 0 Å². The molecule has 30 heavy (non-hydrogen) atoms. The largest absolute Gasteiger partial charge is 0.465 e. The normalized spacial score (nSPS) is 11.2. The zero-order valence-corrected chi connectivity index (χ0v) is 16.9. The number of esters is 1. The van der Waals surface area contributed by atoms with Crippen LogP contribution >= 0.6 is 12.4 Å². The molecule has 0 amide bonds. The molecule has 3 rings (SSSR count). The molecule has 2 aromatic carbocycles. The van der Waals surface area contributed by atoms with Gasteiger partial charge in [0.05, 0.1) is 23.9 Å². The van der Waals surface area contributed by atoms with Crippen LogP contribution in [0.4, 0.5) is 18.9 Å². The lowest BCUT2D eigenvalue weighted by atomic mass is 10.0. The van der Waals surface area contributed by atoms with Crippen LogP contribution < -0.4 is 16.6 Å². The topological polar surface area (TPSA) is 86.3 Å². The third-order valence-corrected chi connectivity index (χ3v) is 4.51. The maximum absolute atomic E-state index is 13.3. The number of methoxy groups -OCH3 is 1. The number of carbonyl (C=O) groups is 1. The van der Waals surface area contributed by atoms with E-state index in [1.54, 1.807) is 31.3 Å². The lowest BCUT2D eigenvalue weighted by molar-refractivity contribution is -0.137. The van der Waals surface area contributed by atoms with Crippen LogP contribution in [0.15, 0.2) is 47.3 Å². The van der Waals surface area contributed by atoms with Gasteiger partial charge in [-0.2, -0.15) is 13.2 Å². The van der Waals surface area contributed by atoms with Crippen LogP contribution in [0.25, 0.3) is 16.6 Å². The standard InChI is InChI=1S/C20H18F3N3O3.ClH/c1-25-10-11-3-6-13(7-4-11)26-15-9-12(20(21,22)23)5-8-14(15)17(24)16(18(26)27)19(28)29-2;/h3-9,25H,10,24H2,1-2H3;1H. The van der Waals surface area contributed by atoms with Gasteiger partial charge in [0.15, 0.2) is 0 Å². The molecule has 0 atom stereocenters. The second-order valence-corrected chi connectivity index (χ2v) is 6.35. The summed E-state index contributed by atoms with van der Waals surface area (Å²) in [6.07, 6.45) is -4.61. The molecule has 10 heteroatoms. The van der Waals surface area contributed by atoms with Gasteiger partial charge in [0, 0.05) is 17.6 Å². The van der Waals surface area contributed by atoms with Crippen molar-refractivity contribution in [2.24, 2.45) is 0 Å². The average molecular weight is 442 g/mol. The zero-order valence-electron chi connectivity index (χ0n) is 16.0. The smallest absolute Gasteiger partial charge is 0.416 e. The fraction of sp³-hybridized carbons (Fsp3) is 0.200. The number of pyridine rings is 1. The molecule has 1 heterocycles. The van der Waals surface area contributed by atoms with Crippen molar-refractivity contribution in [1.82, 2.24) is 9.88 Å². The number of nitrogens with zero attached hydrogens (tertiary/aromatic N) is 1. The van der Waals surface area contributed by atoms with Crippen molar-refractivity contribution in [3.05, 3.63) is 69.5 Å². The van der Waals surface area contributed by atoms with Gasteiger partial charge >= 0.3 is 12.1 Å². The molecular formula is C20H19ClF3N3O3. The molecule has 0 unspecified atom stereocenters. The van der Waals surface area contributed by atoms with Crippen LogP contribution in [0, 0.1) is 0 Å². The summed E-state index contributed by atoms with van der Waals surface area (Å²) < 4.78 is 45.4. The number of hydrogen-bond acceptors (Lipinski definition) is 5. The predicted octanol–water partition coefficient (Wildman–Crippen LogP) is 3.52. The summed E-state index contributed by atoms with van der Waals surface area (Å²) in [5.41, 5.74) is 4.66. The van der Waals surface area contributed by atoms with Crippen molar-refractivity contribution in [3.63, 3.8) is 0 Å². The van der Waals surface area contributed by atoms with Gasteiger partial charge in [-0.05, 0) is 36.9 Å². The highest BCUT2D eigenvalue weighted by atomic mass is 35.5. The monoisotopic (exact) mass is 441 g/mol. The summed E-state index contributed by atoms with van der Waals surface area (Å²) in [6, 6.07) is 9.47. The van der Waals surface area contributed by atoms with Crippen LogP contribution in [0.1, 0.15) is 21.5 Å². The Morgan fingerprint density at radius 3 is 2.33 bits per heavy atom. The Hall–Kier alpha value is -3.04. The molecule has 0 aliphatic rings. The van der Waals surface area contributed by atoms with Crippen LogP contribution in [0.5, 0.6) is 0 Å². The van der Waals surface area contributed by atoms with Crippen molar-refractivity contribution in [1.29, 1.82) is 0 Å². The molecule has 0 spiro atoms. The fourth-order valence-corrected chi connectivity index (χ4v) is 3.11. The highest BCUT2D eigenvalue weighted by Crippen LogP contribution is 2.34. The number of nitrogens with one attached hydrogen (secondary N) is 1.